The third kappa shape index (κ3) is 3.43. The van der Waals surface area contributed by atoms with Crippen molar-refractivity contribution in [2.45, 2.75) is 26.4 Å². The third-order valence-electron chi connectivity index (χ3n) is 3.21. The van der Waals surface area contributed by atoms with E-state index < -0.39 is 6.04 Å². The van der Waals surface area contributed by atoms with Gasteiger partial charge in [0.2, 0.25) is 5.91 Å². The van der Waals surface area contributed by atoms with Gasteiger partial charge in [-0.15, -0.1) is 11.3 Å². The number of benzene rings is 1. The lowest BCUT2D eigenvalue weighted by Gasteiger charge is -2.16. The van der Waals surface area contributed by atoms with Gasteiger partial charge >= 0.3 is 0 Å². The molecule has 0 aliphatic heterocycles. The maximum atomic E-state index is 11.6. The largest absolute Gasteiger partial charge is 0.368 e. The number of hydrogen-bond donors (Lipinski definition) is 2. The Balaban J connectivity index is 2.15. The Bertz CT molecular complexity index is 564. The Kier molecular flexibility index (Phi) is 4.35. The van der Waals surface area contributed by atoms with Crippen molar-refractivity contribution in [1.82, 2.24) is 5.32 Å². The van der Waals surface area contributed by atoms with E-state index in [0.717, 1.165) is 5.56 Å². The van der Waals surface area contributed by atoms with E-state index in [1.54, 1.807) is 11.3 Å². The summed E-state index contributed by atoms with van der Waals surface area (Å²) in [5.41, 5.74) is 8.80. The molecule has 100 valence electrons. The van der Waals surface area contributed by atoms with Crippen molar-refractivity contribution in [2.75, 3.05) is 0 Å². The maximum Gasteiger partial charge on any atom is 0.239 e. The summed E-state index contributed by atoms with van der Waals surface area (Å²) in [6, 6.07) is 9.59. The van der Waals surface area contributed by atoms with Crippen molar-refractivity contribution >= 4 is 17.2 Å². The van der Waals surface area contributed by atoms with Gasteiger partial charge in [-0.2, -0.15) is 0 Å². The molecule has 19 heavy (non-hydrogen) atoms. The van der Waals surface area contributed by atoms with E-state index >= 15 is 0 Å². The summed E-state index contributed by atoms with van der Waals surface area (Å²) in [5, 5.41) is 5.24. The topological polar surface area (TPSA) is 55.1 Å². The van der Waals surface area contributed by atoms with Crippen LogP contribution in [0.4, 0.5) is 0 Å². The van der Waals surface area contributed by atoms with Crippen LogP contribution in [0.2, 0.25) is 0 Å². The van der Waals surface area contributed by atoms with E-state index in [9.17, 15) is 4.79 Å². The number of amides is 1. The van der Waals surface area contributed by atoms with E-state index in [1.807, 2.05) is 42.6 Å². The lowest BCUT2D eigenvalue weighted by molar-refractivity contribution is -0.120. The summed E-state index contributed by atoms with van der Waals surface area (Å²) < 4.78 is 0. The number of hydrogen-bond acceptors (Lipinski definition) is 3. The zero-order valence-electron chi connectivity index (χ0n) is 11.1. The first-order valence-corrected chi connectivity index (χ1v) is 7.08. The molecule has 0 radical (unpaired) electrons. The smallest absolute Gasteiger partial charge is 0.239 e. The molecular weight excluding hydrogens is 256 g/mol. The fourth-order valence-electron chi connectivity index (χ4n) is 1.94. The molecule has 3 nitrogen and oxygen atoms in total. The Morgan fingerprint density at radius 1 is 1.32 bits per heavy atom. The summed E-state index contributed by atoms with van der Waals surface area (Å²) in [4.78, 5) is 12.8. The van der Waals surface area contributed by atoms with Gasteiger partial charge in [0.25, 0.3) is 0 Å². The predicted molar refractivity (Wildman–Crippen MR) is 79.0 cm³/mol. The molecule has 0 fully saturated rings. The number of rotatable bonds is 5. The number of carbonyl (C=O) groups is 1. The van der Waals surface area contributed by atoms with Gasteiger partial charge in [0, 0.05) is 11.4 Å². The second-order valence-electron chi connectivity index (χ2n) is 4.64. The van der Waals surface area contributed by atoms with Crippen molar-refractivity contribution in [2.24, 2.45) is 5.73 Å². The van der Waals surface area contributed by atoms with E-state index in [2.05, 4.69) is 12.2 Å². The zero-order chi connectivity index (χ0) is 13.8. The minimum absolute atomic E-state index is 0.347. The maximum absolute atomic E-state index is 11.6. The van der Waals surface area contributed by atoms with Gasteiger partial charge in [0.15, 0.2) is 0 Å². The van der Waals surface area contributed by atoms with Crippen molar-refractivity contribution in [1.29, 1.82) is 0 Å². The Morgan fingerprint density at radius 2 is 2.11 bits per heavy atom. The normalized spacial score (nSPS) is 12.3. The van der Waals surface area contributed by atoms with E-state index in [4.69, 9.17) is 5.73 Å². The SMILES string of the molecule is Cc1ccc(C(NCc2cccs2)C(N)=O)cc1C. The van der Waals surface area contributed by atoms with Gasteiger partial charge < -0.3 is 5.73 Å². The lowest BCUT2D eigenvalue weighted by atomic mass is 10.0. The molecule has 0 bridgehead atoms. The fraction of sp³-hybridized carbons (Fsp3) is 0.267. The van der Waals surface area contributed by atoms with Crippen LogP contribution in [0.5, 0.6) is 0 Å². The molecular formula is C15H18N2OS. The quantitative estimate of drug-likeness (QED) is 0.880. The molecule has 2 aromatic rings. The highest BCUT2D eigenvalue weighted by atomic mass is 32.1. The first-order chi connectivity index (χ1) is 9.08. The summed E-state index contributed by atoms with van der Waals surface area (Å²) in [5.74, 6) is -0.347. The van der Waals surface area contributed by atoms with Gasteiger partial charge in [0.1, 0.15) is 6.04 Å². The molecule has 2 rings (SSSR count). The Labute approximate surface area is 117 Å². The van der Waals surface area contributed by atoms with E-state index in [-0.39, 0.29) is 5.91 Å². The first-order valence-electron chi connectivity index (χ1n) is 6.20. The molecule has 3 N–H and O–H groups in total. The van der Waals surface area contributed by atoms with Crippen molar-refractivity contribution in [3.8, 4) is 0 Å². The van der Waals surface area contributed by atoms with Crippen molar-refractivity contribution in [3.05, 3.63) is 57.3 Å². The molecule has 1 atom stereocenters. The second kappa shape index (κ2) is 5.99. The molecule has 4 heteroatoms. The summed E-state index contributed by atoms with van der Waals surface area (Å²) >= 11 is 1.66. The van der Waals surface area contributed by atoms with E-state index in [0.29, 0.717) is 6.54 Å². The minimum Gasteiger partial charge on any atom is -0.368 e. The van der Waals surface area contributed by atoms with Gasteiger partial charge in [-0.25, -0.2) is 0 Å². The van der Waals surface area contributed by atoms with Crippen LogP contribution in [0.15, 0.2) is 35.7 Å². The molecule has 0 aliphatic carbocycles. The molecule has 0 saturated carbocycles. The lowest BCUT2D eigenvalue weighted by Crippen LogP contribution is -2.33. The minimum atomic E-state index is -0.443. The molecule has 1 aromatic heterocycles. The summed E-state index contributed by atoms with van der Waals surface area (Å²) in [6.45, 7) is 4.74. The number of carbonyl (C=O) groups excluding carboxylic acids is 1. The van der Waals surface area contributed by atoms with Crippen LogP contribution in [0.25, 0.3) is 0 Å². The highest BCUT2D eigenvalue weighted by molar-refractivity contribution is 7.09. The van der Waals surface area contributed by atoms with Crippen molar-refractivity contribution < 1.29 is 4.79 Å². The average Bonchev–Trinajstić information content (AvgIpc) is 2.86. The molecule has 0 spiro atoms. The number of nitrogens with two attached hydrogens (primary N) is 1. The molecule has 1 amide bonds. The van der Waals surface area contributed by atoms with Gasteiger partial charge in [0.05, 0.1) is 0 Å². The second-order valence-corrected chi connectivity index (χ2v) is 5.67. The summed E-state index contributed by atoms with van der Waals surface area (Å²) in [7, 11) is 0. The predicted octanol–water partition coefficient (Wildman–Crippen LogP) is 2.68. The first kappa shape index (κ1) is 13.8. The number of nitrogens with one attached hydrogen (secondary N) is 1. The van der Waals surface area contributed by atoms with Crippen LogP contribution in [0.1, 0.15) is 27.6 Å². The highest BCUT2D eigenvalue weighted by Gasteiger charge is 2.17. The highest BCUT2D eigenvalue weighted by Crippen LogP contribution is 2.18. The Hall–Kier alpha value is -1.65. The van der Waals surface area contributed by atoms with Crippen LogP contribution in [0, 0.1) is 13.8 Å². The van der Waals surface area contributed by atoms with Crippen molar-refractivity contribution in [3.63, 3.8) is 0 Å². The number of aryl methyl sites for hydroxylation is 2. The van der Waals surface area contributed by atoms with Crippen LogP contribution >= 0.6 is 11.3 Å². The van der Waals surface area contributed by atoms with Crippen LogP contribution < -0.4 is 11.1 Å². The fourth-order valence-corrected chi connectivity index (χ4v) is 2.60. The van der Waals surface area contributed by atoms with Crippen LogP contribution in [0.3, 0.4) is 0 Å². The number of primary amides is 1. The molecule has 0 saturated heterocycles. The van der Waals surface area contributed by atoms with Gasteiger partial charge in [-0.1, -0.05) is 24.3 Å². The molecule has 1 heterocycles. The van der Waals surface area contributed by atoms with Gasteiger partial charge in [-0.3, -0.25) is 10.1 Å². The monoisotopic (exact) mass is 274 g/mol. The van der Waals surface area contributed by atoms with Crippen LogP contribution in [-0.4, -0.2) is 5.91 Å². The molecule has 1 unspecified atom stereocenters. The van der Waals surface area contributed by atoms with Crippen LogP contribution in [-0.2, 0) is 11.3 Å². The average molecular weight is 274 g/mol. The summed E-state index contributed by atoms with van der Waals surface area (Å²) in [6.07, 6.45) is 0. The standard InChI is InChI=1S/C15H18N2OS/c1-10-5-6-12(8-11(10)2)14(15(16)18)17-9-13-4-3-7-19-13/h3-8,14,17H,9H2,1-2H3,(H2,16,18). The molecule has 1 aromatic carbocycles. The zero-order valence-corrected chi connectivity index (χ0v) is 12.0. The number of thiophene rings is 1. The van der Waals surface area contributed by atoms with E-state index in [1.165, 1.54) is 16.0 Å². The Morgan fingerprint density at radius 3 is 2.68 bits per heavy atom. The van der Waals surface area contributed by atoms with Gasteiger partial charge in [-0.05, 0) is 42.0 Å². The molecule has 0 aliphatic rings. The third-order valence-corrected chi connectivity index (χ3v) is 4.09.